The van der Waals surface area contributed by atoms with E-state index in [0.717, 1.165) is 5.56 Å². The summed E-state index contributed by atoms with van der Waals surface area (Å²) in [6, 6.07) is 7.38. The smallest absolute Gasteiger partial charge is 0.208 e. The first-order chi connectivity index (χ1) is 10.7. The highest BCUT2D eigenvalue weighted by Gasteiger charge is 2.38. The molecule has 0 saturated carbocycles. The van der Waals surface area contributed by atoms with Gasteiger partial charge in [0.05, 0.1) is 34.0 Å². The van der Waals surface area contributed by atoms with Gasteiger partial charge in [-0.1, -0.05) is 24.3 Å². The van der Waals surface area contributed by atoms with Crippen LogP contribution in [0.25, 0.3) is 11.1 Å². The predicted octanol–water partition coefficient (Wildman–Crippen LogP) is 2.93. The molecule has 0 N–H and O–H groups in total. The molecule has 1 aliphatic carbocycles. The third-order valence-corrected chi connectivity index (χ3v) is 3.81. The van der Waals surface area contributed by atoms with E-state index in [4.69, 9.17) is 18.9 Å². The number of hydrogen-bond acceptors (Lipinski definition) is 5. The first-order valence-electron chi connectivity index (χ1n) is 6.73. The first kappa shape index (κ1) is 14.3. The van der Waals surface area contributed by atoms with Crippen molar-refractivity contribution >= 4 is 5.78 Å². The Bertz CT molecular complexity index is 764. The fourth-order valence-corrected chi connectivity index (χ4v) is 2.93. The fourth-order valence-electron chi connectivity index (χ4n) is 2.93. The number of carbonyl (C=O) groups excluding carboxylic acids is 1. The Balaban J connectivity index is 2.49. The predicted molar refractivity (Wildman–Crippen MR) is 81.5 cm³/mol. The molecule has 114 valence electrons. The zero-order chi connectivity index (χ0) is 15.9. The minimum Gasteiger partial charge on any atom is -0.492 e. The van der Waals surface area contributed by atoms with Gasteiger partial charge in [0.1, 0.15) is 0 Å². The van der Waals surface area contributed by atoms with Crippen molar-refractivity contribution < 1.29 is 23.7 Å². The lowest BCUT2D eigenvalue weighted by Crippen LogP contribution is -2.04. The molecule has 2 aromatic carbocycles. The minimum absolute atomic E-state index is 0.110. The summed E-state index contributed by atoms with van der Waals surface area (Å²) in [7, 11) is 6.06. The molecule has 5 heteroatoms. The van der Waals surface area contributed by atoms with Crippen LogP contribution in [0.4, 0.5) is 0 Å². The quantitative estimate of drug-likeness (QED) is 0.741. The maximum absolute atomic E-state index is 12.8. The maximum Gasteiger partial charge on any atom is 0.208 e. The van der Waals surface area contributed by atoms with Gasteiger partial charge in [0.2, 0.25) is 11.5 Å². The second-order valence-corrected chi connectivity index (χ2v) is 4.76. The molecule has 0 unspecified atom stereocenters. The van der Waals surface area contributed by atoms with Gasteiger partial charge in [-0.2, -0.15) is 0 Å². The molecule has 0 radical (unpaired) electrons. The van der Waals surface area contributed by atoms with Crippen molar-refractivity contribution in [3.05, 3.63) is 35.4 Å². The highest BCUT2D eigenvalue weighted by atomic mass is 16.5. The van der Waals surface area contributed by atoms with Crippen LogP contribution < -0.4 is 18.9 Å². The van der Waals surface area contributed by atoms with Gasteiger partial charge < -0.3 is 18.9 Å². The topological polar surface area (TPSA) is 54.0 Å². The lowest BCUT2D eigenvalue weighted by molar-refractivity contribution is 0.104. The largest absolute Gasteiger partial charge is 0.492 e. The zero-order valence-corrected chi connectivity index (χ0v) is 12.9. The van der Waals surface area contributed by atoms with E-state index in [1.54, 1.807) is 6.07 Å². The second-order valence-electron chi connectivity index (χ2n) is 4.76. The van der Waals surface area contributed by atoms with Crippen molar-refractivity contribution in [2.24, 2.45) is 0 Å². The number of carbonyl (C=O) groups is 1. The van der Waals surface area contributed by atoms with Crippen molar-refractivity contribution in [3.8, 4) is 34.1 Å². The van der Waals surface area contributed by atoms with Crippen LogP contribution in [0.3, 0.4) is 0 Å². The van der Waals surface area contributed by atoms with E-state index in [2.05, 4.69) is 0 Å². The van der Waals surface area contributed by atoms with Gasteiger partial charge in [-0.3, -0.25) is 4.79 Å². The number of fused-ring (bicyclic) bond motifs is 3. The van der Waals surface area contributed by atoms with E-state index in [9.17, 15) is 4.79 Å². The van der Waals surface area contributed by atoms with E-state index in [-0.39, 0.29) is 5.78 Å². The zero-order valence-electron chi connectivity index (χ0n) is 12.9. The average Bonchev–Trinajstić information content (AvgIpc) is 2.86. The van der Waals surface area contributed by atoms with Gasteiger partial charge in [0, 0.05) is 11.1 Å². The number of ether oxygens (including phenoxy) is 4. The number of benzene rings is 2. The summed E-state index contributed by atoms with van der Waals surface area (Å²) in [6.07, 6.45) is 0. The summed E-state index contributed by atoms with van der Waals surface area (Å²) in [5.41, 5.74) is 2.54. The molecule has 3 rings (SSSR count). The lowest BCUT2D eigenvalue weighted by atomic mass is 10.0. The summed E-state index contributed by atoms with van der Waals surface area (Å²) in [5.74, 6) is 1.47. The summed E-state index contributed by atoms with van der Waals surface area (Å²) in [5, 5.41) is 0. The molecule has 5 nitrogen and oxygen atoms in total. The van der Waals surface area contributed by atoms with Crippen molar-refractivity contribution in [2.45, 2.75) is 0 Å². The van der Waals surface area contributed by atoms with Crippen molar-refractivity contribution in [1.82, 2.24) is 0 Å². The number of rotatable bonds is 4. The average molecular weight is 300 g/mol. The summed E-state index contributed by atoms with van der Waals surface area (Å²) in [6.45, 7) is 0. The molecule has 0 atom stereocenters. The van der Waals surface area contributed by atoms with Gasteiger partial charge in [0.15, 0.2) is 17.3 Å². The fraction of sp³-hybridized carbons (Fsp3) is 0.235. The van der Waals surface area contributed by atoms with E-state index >= 15 is 0 Å². The Labute approximate surface area is 128 Å². The van der Waals surface area contributed by atoms with E-state index < -0.39 is 0 Å². The molecule has 0 spiro atoms. The van der Waals surface area contributed by atoms with Crippen molar-refractivity contribution in [2.75, 3.05) is 28.4 Å². The van der Waals surface area contributed by atoms with Crippen LogP contribution in [0.5, 0.6) is 23.0 Å². The standard InChI is InChI=1S/C17H16O5/c1-19-14-11-9-7-5-6-8-10(9)13(18)12(11)15(20-2)17(22-4)16(14)21-3/h5-8H,1-4H3. The lowest BCUT2D eigenvalue weighted by Gasteiger charge is -2.19. The maximum atomic E-state index is 12.8. The van der Waals surface area contributed by atoms with Gasteiger partial charge in [0.25, 0.3) is 0 Å². The third-order valence-electron chi connectivity index (χ3n) is 3.81. The van der Waals surface area contributed by atoms with Crippen LogP contribution in [-0.2, 0) is 0 Å². The summed E-state index contributed by atoms with van der Waals surface area (Å²) < 4.78 is 21.8. The molecular weight excluding hydrogens is 284 g/mol. The van der Waals surface area contributed by atoms with Gasteiger partial charge in [-0.15, -0.1) is 0 Å². The molecule has 22 heavy (non-hydrogen) atoms. The highest BCUT2D eigenvalue weighted by molar-refractivity contribution is 6.25. The minimum atomic E-state index is -0.110. The van der Waals surface area contributed by atoms with Crippen LogP contribution in [0, 0.1) is 0 Å². The van der Waals surface area contributed by atoms with Gasteiger partial charge >= 0.3 is 0 Å². The van der Waals surface area contributed by atoms with Crippen molar-refractivity contribution in [3.63, 3.8) is 0 Å². The Morgan fingerprint density at radius 2 is 1.09 bits per heavy atom. The summed E-state index contributed by atoms with van der Waals surface area (Å²) >= 11 is 0. The van der Waals surface area contributed by atoms with Crippen LogP contribution in [0.2, 0.25) is 0 Å². The van der Waals surface area contributed by atoms with E-state index in [0.29, 0.717) is 39.7 Å². The normalized spacial score (nSPS) is 11.7. The third kappa shape index (κ3) is 1.68. The Morgan fingerprint density at radius 3 is 1.59 bits per heavy atom. The van der Waals surface area contributed by atoms with Gasteiger partial charge in [-0.05, 0) is 5.56 Å². The van der Waals surface area contributed by atoms with Crippen LogP contribution >= 0.6 is 0 Å². The number of methoxy groups -OCH3 is 4. The Hall–Kier alpha value is -2.69. The van der Waals surface area contributed by atoms with Crippen LogP contribution in [0.15, 0.2) is 24.3 Å². The Morgan fingerprint density at radius 1 is 0.636 bits per heavy atom. The van der Waals surface area contributed by atoms with Crippen molar-refractivity contribution in [1.29, 1.82) is 0 Å². The molecular formula is C17H16O5. The molecule has 0 aromatic heterocycles. The second kappa shape index (κ2) is 5.26. The SMILES string of the molecule is COc1c(OC)c(OC)c2c(c1OC)C(=O)c1ccccc1-2. The van der Waals surface area contributed by atoms with Gasteiger partial charge in [-0.25, -0.2) is 0 Å². The molecule has 2 aromatic rings. The van der Waals surface area contributed by atoms with Crippen LogP contribution in [0.1, 0.15) is 15.9 Å². The molecule has 0 fully saturated rings. The first-order valence-corrected chi connectivity index (χ1v) is 6.73. The van der Waals surface area contributed by atoms with Crippen LogP contribution in [-0.4, -0.2) is 34.2 Å². The molecule has 1 aliphatic rings. The monoisotopic (exact) mass is 300 g/mol. The number of ketones is 1. The summed E-state index contributed by atoms with van der Waals surface area (Å²) in [4.78, 5) is 12.8. The molecule has 0 amide bonds. The highest BCUT2D eigenvalue weighted by Crippen LogP contribution is 2.56. The molecule has 0 bridgehead atoms. The molecule has 0 heterocycles. The van der Waals surface area contributed by atoms with E-state index in [1.165, 1.54) is 28.4 Å². The molecule has 0 saturated heterocycles. The van der Waals surface area contributed by atoms with E-state index in [1.807, 2.05) is 18.2 Å². The number of hydrogen-bond donors (Lipinski definition) is 0. The Kier molecular flexibility index (Phi) is 3.41. The molecule has 0 aliphatic heterocycles.